The fourth-order valence-electron chi connectivity index (χ4n) is 2.15. The summed E-state index contributed by atoms with van der Waals surface area (Å²) in [4.78, 5) is 36.0. The van der Waals surface area contributed by atoms with Crippen LogP contribution in [0.5, 0.6) is 0 Å². The number of ether oxygens (including phenoxy) is 2. The zero-order valence-corrected chi connectivity index (χ0v) is 15.2. The minimum atomic E-state index is -1.24. The fraction of sp³-hybridized carbons (Fsp3) is 0.500. The molecule has 0 fully saturated rings. The van der Waals surface area contributed by atoms with Crippen molar-refractivity contribution in [3.63, 3.8) is 0 Å². The zero-order chi connectivity index (χ0) is 19.5. The largest absolute Gasteiger partial charge is 0.467 e. The molecule has 8 heteroatoms. The molecule has 1 aromatic carbocycles. The van der Waals surface area contributed by atoms with Crippen LogP contribution in [0.4, 0.5) is 4.79 Å². The summed E-state index contributed by atoms with van der Waals surface area (Å²) in [5.41, 5.74) is 0.787. The number of aliphatic hydroxyl groups excluding tert-OH is 1. The molecule has 3 atom stereocenters. The number of alkyl carbamates (subject to hydrolysis) is 1. The van der Waals surface area contributed by atoms with Crippen molar-refractivity contribution in [2.75, 3.05) is 13.7 Å². The molecule has 1 aromatic rings. The van der Waals surface area contributed by atoms with E-state index in [1.54, 1.807) is 19.1 Å². The summed E-state index contributed by atoms with van der Waals surface area (Å²) >= 11 is 0. The van der Waals surface area contributed by atoms with Gasteiger partial charge in [0.25, 0.3) is 0 Å². The van der Waals surface area contributed by atoms with Gasteiger partial charge in [-0.3, -0.25) is 4.79 Å². The summed E-state index contributed by atoms with van der Waals surface area (Å²) in [5, 5.41) is 14.2. The van der Waals surface area contributed by atoms with Crippen LogP contribution in [0.2, 0.25) is 0 Å². The molecule has 0 saturated carbocycles. The molecule has 0 aliphatic heterocycles. The first-order valence-corrected chi connectivity index (χ1v) is 8.39. The van der Waals surface area contributed by atoms with Crippen LogP contribution in [-0.4, -0.2) is 48.9 Å². The van der Waals surface area contributed by atoms with E-state index in [2.05, 4.69) is 10.6 Å². The Morgan fingerprint density at radius 1 is 1.15 bits per heavy atom. The molecule has 0 heterocycles. The normalized spacial score (nSPS) is 13.8. The molecule has 0 aromatic heterocycles. The second kappa shape index (κ2) is 11.1. The van der Waals surface area contributed by atoms with E-state index in [1.165, 1.54) is 7.11 Å². The molecule has 0 spiro atoms. The lowest BCUT2D eigenvalue weighted by Gasteiger charge is -2.24. The number of rotatable bonds is 9. The number of hydrogen-bond acceptors (Lipinski definition) is 6. The van der Waals surface area contributed by atoms with E-state index in [4.69, 9.17) is 9.47 Å². The molecule has 0 aliphatic carbocycles. The first-order chi connectivity index (χ1) is 12.4. The predicted molar refractivity (Wildman–Crippen MR) is 94.0 cm³/mol. The van der Waals surface area contributed by atoms with Gasteiger partial charge in [0.15, 0.2) is 0 Å². The van der Waals surface area contributed by atoms with Gasteiger partial charge in [-0.15, -0.1) is 0 Å². The van der Waals surface area contributed by atoms with Crippen LogP contribution in [0.3, 0.4) is 0 Å². The summed E-state index contributed by atoms with van der Waals surface area (Å²) in [6.45, 7) is 3.05. The minimum absolute atomic E-state index is 0.0318. The van der Waals surface area contributed by atoms with E-state index >= 15 is 0 Å². The van der Waals surface area contributed by atoms with Crippen LogP contribution in [0.15, 0.2) is 30.3 Å². The van der Waals surface area contributed by atoms with E-state index in [1.807, 2.05) is 25.1 Å². The number of amides is 2. The van der Waals surface area contributed by atoms with Crippen molar-refractivity contribution in [1.82, 2.24) is 10.6 Å². The van der Waals surface area contributed by atoms with E-state index in [0.717, 1.165) is 5.56 Å². The third-order valence-electron chi connectivity index (χ3n) is 3.97. The van der Waals surface area contributed by atoms with Crippen LogP contribution in [0, 0.1) is 5.92 Å². The Balaban J connectivity index is 2.60. The maximum atomic E-state index is 12.3. The van der Waals surface area contributed by atoms with Crippen molar-refractivity contribution < 1.29 is 29.0 Å². The lowest BCUT2D eigenvalue weighted by atomic mass is 9.99. The minimum Gasteiger partial charge on any atom is -0.467 e. The molecule has 0 unspecified atom stereocenters. The Morgan fingerprint density at radius 2 is 1.81 bits per heavy atom. The predicted octanol–water partition coefficient (Wildman–Crippen LogP) is 0.978. The fourth-order valence-corrected chi connectivity index (χ4v) is 2.15. The van der Waals surface area contributed by atoms with Crippen molar-refractivity contribution in [1.29, 1.82) is 0 Å². The van der Waals surface area contributed by atoms with Gasteiger partial charge in [0.2, 0.25) is 5.91 Å². The van der Waals surface area contributed by atoms with Crippen LogP contribution in [0.25, 0.3) is 0 Å². The Bertz CT molecular complexity index is 593. The average molecular weight is 366 g/mol. The van der Waals surface area contributed by atoms with Gasteiger partial charge in [-0.2, -0.15) is 0 Å². The Morgan fingerprint density at radius 3 is 2.35 bits per heavy atom. The summed E-state index contributed by atoms with van der Waals surface area (Å²) in [5.74, 6) is -1.45. The van der Waals surface area contributed by atoms with Crippen LogP contribution >= 0.6 is 0 Å². The van der Waals surface area contributed by atoms with Crippen molar-refractivity contribution in [2.45, 2.75) is 39.0 Å². The second-order valence-corrected chi connectivity index (χ2v) is 5.84. The quantitative estimate of drug-likeness (QED) is 0.561. The van der Waals surface area contributed by atoms with Gasteiger partial charge in [-0.1, -0.05) is 50.6 Å². The molecule has 0 radical (unpaired) electrons. The maximum Gasteiger partial charge on any atom is 0.408 e. The molecule has 0 saturated heterocycles. The number of carbonyl (C=O) groups excluding carboxylic acids is 3. The molecule has 2 amide bonds. The monoisotopic (exact) mass is 366 g/mol. The topological polar surface area (TPSA) is 114 Å². The number of benzene rings is 1. The van der Waals surface area contributed by atoms with Gasteiger partial charge < -0.3 is 25.2 Å². The first-order valence-electron chi connectivity index (χ1n) is 8.39. The Labute approximate surface area is 152 Å². The van der Waals surface area contributed by atoms with Crippen LogP contribution in [-0.2, 0) is 25.7 Å². The lowest BCUT2D eigenvalue weighted by Crippen LogP contribution is -2.55. The molecule has 144 valence electrons. The summed E-state index contributed by atoms with van der Waals surface area (Å²) in [6.07, 6.45) is -0.211. The summed E-state index contributed by atoms with van der Waals surface area (Å²) in [6, 6.07) is 6.92. The van der Waals surface area contributed by atoms with Gasteiger partial charge in [-0.05, 0) is 11.5 Å². The summed E-state index contributed by atoms with van der Waals surface area (Å²) in [7, 11) is 1.23. The van der Waals surface area contributed by atoms with Crippen molar-refractivity contribution in [3.05, 3.63) is 35.9 Å². The van der Waals surface area contributed by atoms with Gasteiger partial charge >= 0.3 is 12.1 Å². The molecule has 0 bridgehead atoms. The molecule has 26 heavy (non-hydrogen) atoms. The lowest BCUT2D eigenvalue weighted by molar-refractivity contribution is -0.147. The number of hydrogen-bond donors (Lipinski definition) is 3. The van der Waals surface area contributed by atoms with Gasteiger partial charge in [0.1, 0.15) is 18.7 Å². The number of esters is 1. The molecule has 8 nitrogen and oxygen atoms in total. The Hall–Kier alpha value is -2.61. The van der Waals surface area contributed by atoms with E-state index in [-0.39, 0.29) is 12.5 Å². The third kappa shape index (κ3) is 6.72. The Kier molecular flexibility index (Phi) is 9.14. The molecule has 0 aliphatic rings. The number of nitrogens with one attached hydrogen (secondary N) is 2. The van der Waals surface area contributed by atoms with Crippen molar-refractivity contribution in [3.8, 4) is 0 Å². The van der Waals surface area contributed by atoms with E-state index in [0.29, 0.717) is 6.42 Å². The van der Waals surface area contributed by atoms with E-state index in [9.17, 15) is 19.5 Å². The van der Waals surface area contributed by atoms with Crippen molar-refractivity contribution in [2.24, 2.45) is 5.92 Å². The van der Waals surface area contributed by atoms with Crippen LogP contribution < -0.4 is 10.6 Å². The molecular weight excluding hydrogens is 340 g/mol. The SMILES string of the molecule is CC[C@@H](C)[C@@H](NC(=O)[C@H](CO)NC(=O)OCc1ccccc1)C(=O)OC. The van der Waals surface area contributed by atoms with Gasteiger partial charge in [-0.25, -0.2) is 9.59 Å². The average Bonchev–Trinajstić information content (AvgIpc) is 2.67. The number of methoxy groups -OCH3 is 1. The maximum absolute atomic E-state index is 12.3. The highest BCUT2D eigenvalue weighted by molar-refractivity contribution is 5.89. The highest BCUT2D eigenvalue weighted by atomic mass is 16.5. The van der Waals surface area contributed by atoms with E-state index < -0.39 is 36.7 Å². The standard InChI is InChI=1S/C18H26N2O6/c1-4-12(2)15(17(23)25-3)20-16(22)14(10-21)19-18(24)26-11-13-8-6-5-7-9-13/h5-9,12,14-15,21H,4,10-11H2,1-3H3,(H,19,24)(H,20,22)/t12-,14+,15-/m1/s1. The van der Waals surface area contributed by atoms with Crippen LogP contribution in [0.1, 0.15) is 25.8 Å². The van der Waals surface area contributed by atoms with Gasteiger partial charge in [0.05, 0.1) is 13.7 Å². The first kappa shape index (κ1) is 21.4. The number of carbonyl (C=O) groups is 3. The third-order valence-corrected chi connectivity index (χ3v) is 3.97. The van der Waals surface area contributed by atoms with Crippen molar-refractivity contribution >= 4 is 18.0 Å². The highest BCUT2D eigenvalue weighted by Crippen LogP contribution is 2.09. The number of aliphatic hydroxyl groups is 1. The summed E-state index contributed by atoms with van der Waals surface area (Å²) < 4.78 is 9.71. The zero-order valence-electron chi connectivity index (χ0n) is 15.2. The molecule has 3 N–H and O–H groups in total. The van der Waals surface area contributed by atoms with Gasteiger partial charge in [0, 0.05) is 0 Å². The highest BCUT2D eigenvalue weighted by Gasteiger charge is 2.30. The smallest absolute Gasteiger partial charge is 0.408 e. The second-order valence-electron chi connectivity index (χ2n) is 5.84. The molecule has 1 rings (SSSR count). The molecular formula is C18H26N2O6.